The van der Waals surface area contributed by atoms with Gasteiger partial charge in [0.05, 0.1) is 22.4 Å². The molecule has 3 aromatic rings. The van der Waals surface area contributed by atoms with E-state index >= 15 is 0 Å². The van der Waals surface area contributed by atoms with Gasteiger partial charge in [-0.05, 0) is 66.8 Å². The third-order valence-electron chi connectivity index (χ3n) is 6.93. The number of ether oxygens (including phenoxy) is 1. The highest BCUT2D eigenvalue weighted by Crippen LogP contribution is 2.44. The van der Waals surface area contributed by atoms with Crippen molar-refractivity contribution in [3.63, 3.8) is 0 Å². The molecule has 0 bridgehead atoms. The molecule has 0 radical (unpaired) electrons. The number of alkyl halides is 2. The number of hydrogen-bond acceptors (Lipinski definition) is 7. The van der Waals surface area contributed by atoms with Crippen molar-refractivity contribution >= 4 is 95.9 Å². The Balaban J connectivity index is 1.42. The van der Waals surface area contributed by atoms with Crippen LogP contribution in [-0.4, -0.2) is 55.7 Å². The molecule has 1 aliphatic heterocycles. The van der Waals surface area contributed by atoms with Crippen LogP contribution in [0.2, 0.25) is 10.0 Å². The molecule has 1 saturated carbocycles. The van der Waals surface area contributed by atoms with E-state index in [2.05, 4.69) is 31.9 Å². The zero-order valence-corrected chi connectivity index (χ0v) is 26.5. The minimum Gasteiger partial charge on any atom is -0.422 e. The Morgan fingerprint density at radius 2 is 1.59 bits per heavy atom. The normalized spacial score (nSPS) is 21.9. The fourth-order valence-electron chi connectivity index (χ4n) is 4.84. The fraction of sp³-hybridized carbons (Fsp3) is 0.250. The summed E-state index contributed by atoms with van der Waals surface area (Å²) in [5.41, 5.74) is 0.158. The third kappa shape index (κ3) is 6.15. The van der Waals surface area contributed by atoms with Crippen LogP contribution in [0.15, 0.2) is 60.0 Å². The number of halogens is 4. The van der Waals surface area contributed by atoms with Gasteiger partial charge in [-0.3, -0.25) is 19.2 Å². The van der Waals surface area contributed by atoms with Gasteiger partial charge in [0.25, 0.3) is 17.7 Å². The molecule has 1 aromatic heterocycles. The van der Waals surface area contributed by atoms with E-state index in [0.717, 1.165) is 10.0 Å². The molecule has 13 heteroatoms. The molecule has 1 aliphatic carbocycles. The quantitative estimate of drug-likeness (QED) is 0.0909. The number of hydrogen-bond donors (Lipinski definition) is 0. The number of amides is 3. The number of carbonyl (C=O) groups is 5. The molecular formula is C28H20Br2Cl2N2O6S. The smallest absolute Gasteiger partial charge is 0.353 e. The third-order valence-corrected chi connectivity index (χ3v) is 11.1. The van der Waals surface area contributed by atoms with Crippen molar-refractivity contribution < 1.29 is 28.7 Å². The lowest BCUT2D eigenvalue weighted by Gasteiger charge is -2.30. The minimum absolute atomic E-state index is 0.00872. The number of Topliss-reactive ketones (excluding diaryl/α,β-unsaturated/α-hetero) is 1. The molecule has 2 aliphatic rings. The van der Waals surface area contributed by atoms with Crippen LogP contribution >= 0.6 is 66.4 Å². The fourth-order valence-corrected chi connectivity index (χ4v) is 7.16. The predicted octanol–water partition coefficient (Wildman–Crippen LogP) is 6.44. The number of benzene rings is 2. The molecule has 212 valence electrons. The monoisotopic (exact) mass is 740 g/mol. The highest BCUT2D eigenvalue weighted by molar-refractivity contribution is 9.12. The second kappa shape index (κ2) is 12.3. The molecule has 2 fully saturated rings. The maximum atomic E-state index is 13.8. The summed E-state index contributed by atoms with van der Waals surface area (Å²) in [5, 5.41) is 3.71. The number of imide groups is 1. The lowest BCUT2D eigenvalue weighted by Crippen LogP contribution is -2.52. The molecule has 4 atom stereocenters. The summed E-state index contributed by atoms with van der Waals surface area (Å²) in [6.07, 6.45) is 0.788. The first kappa shape index (κ1) is 29.9. The van der Waals surface area contributed by atoms with Crippen molar-refractivity contribution in [1.29, 1.82) is 0 Å². The van der Waals surface area contributed by atoms with Crippen molar-refractivity contribution in [2.75, 3.05) is 6.54 Å². The molecule has 0 N–H and O–H groups in total. The lowest BCUT2D eigenvalue weighted by atomic mass is 9.81. The minimum atomic E-state index is -0.798. The number of hydrazine groups is 1. The topological polar surface area (TPSA) is 101 Å². The summed E-state index contributed by atoms with van der Waals surface area (Å²) in [4.78, 5) is 66.9. The molecule has 2 aromatic carbocycles. The van der Waals surface area contributed by atoms with E-state index in [-0.39, 0.29) is 31.6 Å². The van der Waals surface area contributed by atoms with Crippen LogP contribution in [0.3, 0.4) is 0 Å². The Kier molecular flexibility index (Phi) is 9.01. The first-order valence-corrected chi connectivity index (χ1v) is 15.8. The summed E-state index contributed by atoms with van der Waals surface area (Å²) in [6.45, 7) is -0.613. The number of ketones is 1. The van der Waals surface area contributed by atoms with Crippen molar-refractivity contribution in [3.05, 3.63) is 86.0 Å². The van der Waals surface area contributed by atoms with Gasteiger partial charge in [-0.15, -0.1) is 11.3 Å². The number of esters is 1. The Hall–Kier alpha value is -2.57. The van der Waals surface area contributed by atoms with Crippen LogP contribution in [0.5, 0.6) is 5.75 Å². The molecule has 41 heavy (non-hydrogen) atoms. The first-order chi connectivity index (χ1) is 19.5. The van der Waals surface area contributed by atoms with Crippen molar-refractivity contribution in [3.8, 4) is 5.75 Å². The van der Waals surface area contributed by atoms with Crippen LogP contribution in [0, 0.1) is 11.8 Å². The Morgan fingerprint density at radius 3 is 2.15 bits per heavy atom. The number of rotatable bonds is 7. The van der Waals surface area contributed by atoms with Crippen molar-refractivity contribution in [2.24, 2.45) is 11.8 Å². The van der Waals surface area contributed by atoms with E-state index in [0.29, 0.717) is 22.7 Å². The first-order valence-electron chi connectivity index (χ1n) is 12.4. The van der Waals surface area contributed by atoms with E-state index in [9.17, 15) is 24.0 Å². The van der Waals surface area contributed by atoms with Crippen LogP contribution in [-0.2, 0) is 9.59 Å². The number of nitrogens with zero attached hydrogens (tertiary/aromatic N) is 2. The molecule has 2 heterocycles. The number of fused-ring (bicyclic) bond motifs is 1. The van der Waals surface area contributed by atoms with Gasteiger partial charge in [0.15, 0.2) is 5.78 Å². The zero-order valence-electron chi connectivity index (χ0n) is 21.0. The largest absolute Gasteiger partial charge is 0.422 e. The molecule has 5 rings (SSSR count). The summed E-state index contributed by atoms with van der Waals surface area (Å²) < 4.78 is 5.34. The zero-order chi connectivity index (χ0) is 29.4. The van der Waals surface area contributed by atoms with Gasteiger partial charge in [-0.25, -0.2) is 9.80 Å². The van der Waals surface area contributed by atoms with E-state index < -0.39 is 47.9 Å². The standard InChI is InChI=1S/C28H20Br2Cl2N2O6S/c29-20-11-18-19(12-21(20)30)27(38)34(26(18)37)33(25(36)17-8-5-15(31)10-22(17)32)13-23(35)14-3-6-16(7-4-14)40-28(39)24-2-1-9-41-24/h1-10,18-21H,11-13H2/t18-,19-,20-,21+/m1/s1. The van der Waals surface area contributed by atoms with Gasteiger partial charge >= 0.3 is 5.97 Å². The number of thiophene rings is 1. The molecule has 3 amide bonds. The maximum Gasteiger partial charge on any atom is 0.353 e. The van der Waals surface area contributed by atoms with E-state index in [4.69, 9.17) is 27.9 Å². The van der Waals surface area contributed by atoms with Gasteiger partial charge in [0.1, 0.15) is 17.2 Å². The molecule has 1 saturated heterocycles. The number of carbonyl (C=O) groups excluding carboxylic acids is 5. The molecule has 0 spiro atoms. The lowest BCUT2D eigenvalue weighted by molar-refractivity contribution is -0.154. The summed E-state index contributed by atoms with van der Waals surface area (Å²) >= 11 is 20.6. The van der Waals surface area contributed by atoms with Crippen molar-refractivity contribution in [1.82, 2.24) is 10.0 Å². The molecular weight excluding hydrogens is 723 g/mol. The summed E-state index contributed by atoms with van der Waals surface area (Å²) in [7, 11) is 0. The van der Waals surface area contributed by atoms with Gasteiger partial charge in [0.2, 0.25) is 0 Å². The Bertz CT molecular complexity index is 1510. The van der Waals surface area contributed by atoms with Gasteiger partial charge in [0, 0.05) is 20.2 Å². The highest BCUT2D eigenvalue weighted by atomic mass is 79.9. The second-order valence-electron chi connectivity index (χ2n) is 9.51. The van der Waals surface area contributed by atoms with Crippen LogP contribution < -0.4 is 4.74 Å². The van der Waals surface area contributed by atoms with E-state index in [1.165, 1.54) is 53.8 Å². The van der Waals surface area contributed by atoms with Crippen LogP contribution in [0.25, 0.3) is 0 Å². The SMILES string of the molecule is O=C(CN(C(=O)c1ccc(Cl)cc1Cl)N1C(=O)[C@@H]2C[C@@H](Br)[C@@H](Br)C[C@H]2C1=O)c1ccc(OC(=O)c2cccs2)cc1. The van der Waals surface area contributed by atoms with Crippen LogP contribution in [0.4, 0.5) is 0 Å². The molecule has 0 unspecified atom stereocenters. The van der Waals surface area contributed by atoms with Gasteiger partial charge in [-0.1, -0.05) is 61.1 Å². The van der Waals surface area contributed by atoms with Gasteiger partial charge in [-0.2, -0.15) is 5.01 Å². The maximum absolute atomic E-state index is 13.8. The summed E-state index contributed by atoms with van der Waals surface area (Å²) in [5.74, 6) is -4.02. The van der Waals surface area contributed by atoms with E-state index in [1.807, 2.05) is 0 Å². The average Bonchev–Trinajstić information content (AvgIpc) is 3.56. The Labute approximate surface area is 265 Å². The summed E-state index contributed by atoms with van der Waals surface area (Å²) in [6, 6.07) is 13.3. The Morgan fingerprint density at radius 1 is 0.951 bits per heavy atom. The van der Waals surface area contributed by atoms with Crippen LogP contribution in [0.1, 0.15) is 43.2 Å². The average molecular weight is 743 g/mol. The van der Waals surface area contributed by atoms with E-state index in [1.54, 1.807) is 17.5 Å². The molecule has 8 nitrogen and oxygen atoms in total. The predicted molar refractivity (Wildman–Crippen MR) is 161 cm³/mol. The highest BCUT2D eigenvalue weighted by Gasteiger charge is 2.54. The van der Waals surface area contributed by atoms with Gasteiger partial charge < -0.3 is 4.74 Å². The van der Waals surface area contributed by atoms with Crippen molar-refractivity contribution in [2.45, 2.75) is 22.5 Å². The second-order valence-corrected chi connectivity index (χ2v) is 13.6.